The summed E-state index contributed by atoms with van der Waals surface area (Å²) in [5.41, 5.74) is 4.09. The fourth-order valence-electron chi connectivity index (χ4n) is 4.73. The zero-order valence-electron chi connectivity index (χ0n) is 19.7. The number of nitrogens with one attached hydrogen (secondary N) is 2. The quantitative estimate of drug-likeness (QED) is 0.520. The number of hydrogen-bond acceptors (Lipinski definition) is 9. The summed E-state index contributed by atoms with van der Waals surface area (Å²) in [6.07, 6.45) is 1.90. The predicted molar refractivity (Wildman–Crippen MR) is 135 cm³/mol. The molecule has 11 heteroatoms. The third kappa shape index (κ3) is 4.40. The minimum atomic E-state index is -0.384. The molecule has 0 radical (unpaired) electrons. The van der Waals surface area contributed by atoms with Crippen molar-refractivity contribution in [3.63, 3.8) is 0 Å². The van der Waals surface area contributed by atoms with Gasteiger partial charge < -0.3 is 24.8 Å². The first-order valence-electron chi connectivity index (χ1n) is 11.8. The van der Waals surface area contributed by atoms with E-state index in [-0.39, 0.29) is 24.0 Å². The minimum Gasteiger partial charge on any atom is -0.491 e. The van der Waals surface area contributed by atoms with Crippen LogP contribution in [0.25, 0.3) is 11.0 Å². The second-order valence-corrected chi connectivity index (χ2v) is 10.0. The molecular formula is C25H25N5O5S. The number of anilines is 2. The summed E-state index contributed by atoms with van der Waals surface area (Å²) in [5, 5.41) is 6.31. The fourth-order valence-corrected chi connectivity index (χ4v) is 5.52. The van der Waals surface area contributed by atoms with Crippen LogP contribution in [-0.4, -0.2) is 67.2 Å². The molecule has 1 aromatic carbocycles. The molecule has 10 nitrogen and oxygen atoms in total. The van der Waals surface area contributed by atoms with Crippen LogP contribution in [0, 0.1) is 5.92 Å². The number of methoxy groups -OCH3 is 1. The number of thioether (sulfide) groups is 1. The van der Waals surface area contributed by atoms with Gasteiger partial charge in [-0.25, -0.2) is 9.78 Å². The van der Waals surface area contributed by atoms with Crippen molar-refractivity contribution in [1.29, 1.82) is 0 Å². The Morgan fingerprint density at radius 2 is 2.17 bits per heavy atom. The highest BCUT2D eigenvalue weighted by Crippen LogP contribution is 2.36. The van der Waals surface area contributed by atoms with E-state index in [2.05, 4.69) is 20.6 Å². The standard InChI is InChI=1S/C25H25N5O5S/c1-33-23-5-3-18-24(29-23)17-6-14(12-34-20(17)10-27-18)8-26-9-16-11-30(25(32)35-16)15-2-4-21-19(7-15)28-22(31)13-36-21/h2-5,7,10,14,16,26H,6,8-9,11-13H2,1H3,(H,28,31)/t14-,16-/m1/s1. The normalized spacial score (nSPS) is 20.9. The third-order valence-electron chi connectivity index (χ3n) is 6.52. The number of aromatic nitrogens is 2. The van der Waals surface area contributed by atoms with Crippen LogP contribution < -0.4 is 25.0 Å². The topological polar surface area (TPSA) is 115 Å². The van der Waals surface area contributed by atoms with E-state index in [0.717, 1.165) is 39.4 Å². The van der Waals surface area contributed by atoms with E-state index < -0.39 is 0 Å². The van der Waals surface area contributed by atoms with Crippen molar-refractivity contribution >= 4 is 46.2 Å². The van der Waals surface area contributed by atoms with Crippen LogP contribution in [0.4, 0.5) is 16.2 Å². The van der Waals surface area contributed by atoms with Crippen LogP contribution in [0.3, 0.4) is 0 Å². The lowest BCUT2D eigenvalue weighted by Gasteiger charge is -2.26. The number of pyridine rings is 2. The highest BCUT2D eigenvalue weighted by Gasteiger charge is 2.33. The summed E-state index contributed by atoms with van der Waals surface area (Å²) in [6.45, 7) is 2.26. The van der Waals surface area contributed by atoms with Crippen molar-refractivity contribution in [2.45, 2.75) is 17.4 Å². The Hall–Kier alpha value is -3.57. The average molecular weight is 508 g/mol. The van der Waals surface area contributed by atoms with E-state index in [1.54, 1.807) is 24.3 Å². The molecule has 1 saturated heterocycles. The van der Waals surface area contributed by atoms with Gasteiger partial charge >= 0.3 is 6.09 Å². The number of rotatable bonds is 6. The van der Waals surface area contributed by atoms with Gasteiger partial charge in [0.15, 0.2) is 0 Å². The van der Waals surface area contributed by atoms with Crippen LogP contribution in [-0.2, 0) is 16.0 Å². The van der Waals surface area contributed by atoms with Gasteiger partial charge in [-0.1, -0.05) is 0 Å². The summed E-state index contributed by atoms with van der Waals surface area (Å²) < 4.78 is 16.9. The van der Waals surface area contributed by atoms with Gasteiger partial charge in [0, 0.05) is 41.2 Å². The first-order chi connectivity index (χ1) is 17.6. The van der Waals surface area contributed by atoms with Crippen LogP contribution in [0.2, 0.25) is 0 Å². The van der Waals surface area contributed by atoms with Crippen LogP contribution in [0.15, 0.2) is 41.4 Å². The molecule has 36 heavy (non-hydrogen) atoms. The molecule has 1 fully saturated rings. The second-order valence-electron chi connectivity index (χ2n) is 9.00. The zero-order chi connectivity index (χ0) is 24.6. The summed E-state index contributed by atoms with van der Waals surface area (Å²) >= 11 is 1.49. The van der Waals surface area contributed by atoms with E-state index in [1.807, 2.05) is 24.3 Å². The van der Waals surface area contributed by atoms with Gasteiger partial charge in [0.1, 0.15) is 11.9 Å². The molecule has 0 bridgehead atoms. The summed E-state index contributed by atoms with van der Waals surface area (Å²) in [7, 11) is 1.60. The van der Waals surface area contributed by atoms with Gasteiger partial charge in [-0.2, -0.15) is 0 Å². The van der Waals surface area contributed by atoms with Crippen molar-refractivity contribution < 1.29 is 23.8 Å². The molecule has 3 aliphatic heterocycles. The molecule has 2 N–H and O–H groups in total. The van der Waals surface area contributed by atoms with Crippen LogP contribution >= 0.6 is 11.8 Å². The SMILES string of the molecule is COc1ccc2ncc3c(c2n1)C[C@H](CNC[C@@H]1CN(c2ccc4c(c2)NC(=O)CS4)C(=O)O1)CO3. The molecule has 3 aliphatic rings. The number of cyclic esters (lactones) is 1. The minimum absolute atomic E-state index is 0.0378. The lowest BCUT2D eigenvalue weighted by atomic mass is 9.96. The number of hydrogen-bond donors (Lipinski definition) is 2. The Morgan fingerprint density at radius 3 is 3.06 bits per heavy atom. The molecule has 3 aromatic rings. The highest BCUT2D eigenvalue weighted by atomic mass is 32.2. The van der Waals surface area contributed by atoms with Crippen molar-refractivity contribution in [2.24, 2.45) is 5.92 Å². The largest absolute Gasteiger partial charge is 0.491 e. The fraction of sp³-hybridized carbons (Fsp3) is 0.360. The smallest absolute Gasteiger partial charge is 0.414 e. The Labute approximate surface area is 211 Å². The Kier molecular flexibility index (Phi) is 6.02. The van der Waals surface area contributed by atoms with E-state index in [4.69, 9.17) is 14.2 Å². The van der Waals surface area contributed by atoms with Gasteiger partial charge in [-0.3, -0.25) is 14.7 Å². The molecular weight excluding hydrogens is 482 g/mol. The lowest BCUT2D eigenvalue weighted by Crippen LogP contribution is -2.37. The molecule has 186 valence electrons. The van der Waals surface area contributed by atoms with Crippen LogP contribution in [0.5, 0.6) is 11.6 Å². The van der Waals surface area contributed by atoms with E-state index >= 15 is 0 Å². The van der Waals surface area contributed by atoms with Gasteiger partial charge in [0.25, 0.3) is 0 Å². The zero-order valence-corrected chi connectivity index (χ0v) is 20.5. The summed E-state index contributed by atoms with van der Waals surface area (Å²) in [5.74, 6) is 1.92. The number of carbonyl (C=O) groups is 2. The number of ether oxygens (including phenoxy) is 3. The molecule has 0 saturated carbocycles. The number of benzene rings is 1. The van der Waals surface area contributed by atoms with Gasteiger partial charge in [-0.15, -0.1) is 11.8 Å². The molecule has 2 amide bonds. The van der Waals surface area contributed by atoms with E-state index in [9.17, 15) is 9.59 Å². The third-order valence-corrected chi connectivity index (χ3v) is 7.59. The highest BCUT2D eigenvalue weighted by molar-refractivity contribution is 8.00. The average Bonchev–Trinajstić information content (AvgIpc) is 3.27. The molecule has 6 rings (SSSR count). The van der Waals surface area contributed by atoms with Crippen LogP contribution in [0.1, 0.15) is 5.56 Å². The molecule has 0 aliphatic carbocycles. The first kappa shape index (κ1) is 22.9. The Bertz CT molecular complexity index is 1350. The second kappa shape index (κ2) is 9.47. The maximum atomic E-state index is 12.5. The number of nitrogens with zero attached hydrogens (tertiary/aromatic N) is 3. The van der Waals surface area contributed by atoms with Crippen molar-refractivity contribution in [2.75, 3.05) is 49.3 Å². The molecule has 0 unspecified atom stereocenters. The Balaban J connectivity index is 1.06. The van der Waals surface area contributed by atoms with Crippen molar-refractivity contribution in [1.82, 2.24) is 15.3 Å². The van der Waals surface area contributed by atoms with Crippen molar-refractivity contribution in [3.8, 4) is 11.6 Å². The molecule has 5 heterocycles. The maximum absolute atomic E-state index is 12.5. The van der Waals surface area contributed by atoms with Gasteiger partial charge in [0.2, 0.25) is 11.8 Å². The number of fused-ring (bicyclic) bond motifs is 4. The monoisotopic (exact) mass is 507 g/mol. The maximum Gasteiger partial charge on any atom is 0.414 e. The van der Waals surface area contributed by atoms with Gasteiger partial charge in [-0.05, 0) is 30.7 Å². The first-order valence-corrected chi connectivity index (χ1v) is 12.8. The van der Waals surface area contributed by atoms with E-state index in [1.165, 1.54) is 11.8 Å². The summed E-state index contributed by atoms with van der Waals surface area (Å²) in [4.78, 5) is 35.9. The molecule has 2 aromatic heterocycles. The molecule has 2 atom stereocenters. The number of carbonyl (C=O) groups excluding carboxylic acids is 2. The predicted octanol–water partition coefficient (Wildman–Crippen LogP) is 2.85. The molecule has 0 spiro atoms. The van der Waals surface area contributed by atoms with Crippen molar-refractivity contribution in [3.05, 3.63) is 42.1 Å². The van der Waals surface area contributed by atoms with Gasteiger partial charge in [0.05, 0.1) is 48.9 Å². The van der Waals surface area contributed by atoms with E-state index in [0.29, 0.717) is 43.6 Å². The lowest BCUT2D eigenvalue weighted by molar-refractivity contribution is -0.113. The summed E-state index contributed by atoms with van der Waals surface area (Å²) in [6, 6.07) is 9.35. The Morgan fingerprint density at radius 1 is 1.25 bits per heavy atom. The number of amides is 2.